The highest BCUT2D eigenvalue weighted by Gasteiger charge is 2.42. The fourth-order valence-electron chi connectivity index (χ4n) is 2.94. The van der Waals surface area contributed by atoms with Crippen LogP contribution in [0.15, 0.2) is 0 Å². The molecule has 0 radical (unpaired) electrons. The molecule has 1 unspecified atom stereocenters. The van der Waals surface area contributed by atoms with Gasteiger partial charge >= 0.3 is 0 Å². The van der Waals surface area contributed by atoms with Gasteiger partial charge < -0.3 is 10.2 Å². The van der Waals surface area contributed by atoms with Crippen molar-refractivity contribution < 1.29 is 13.2 Å². The highest BCUT2D eigenvalue weighted by molar-refractivity contribution is 7.88. The molecular formula is C12H23N3O3S. The molecule has 2 aliphatic rings. The third kappa shape index (κ3) is 2.93. The minimum Gasteiger partial charge on any atom is -0.340 e. The van der Waals surface area contributed by atoms with Gasteiger partial charge in [0.1, 0.15) is 0 Å². The van der Waals surface area contributed by atoms with Crippen LogP contribution in [0.5, 0.6) is 0 Å². The summed E-state index contributed by atoms with van der Waals surface area (Å²) >= 11 is 0. The van der Waals surface area contributed by atoms with E-state index in [4.69, 9.17) is 0 Å². The van der Waals surface area contributed by atoms with Gasteiger partial charge in [-0.05, 0) is 19.4 Å². The van der Waals surface area contributed by atoms with Crippen molar-refractivity contribution >= 4 is 15.9 Å². The number of amides is 1. The molecule has 0 spiro atoms. The molecule has 0 aromatic carbocycles. The highest BCUT2D eigenvalue weighted by Crippen LogP contribution is 2.32. The first-order valence-corrected chi connectivity index (χ1v) is 8.69. The van der Waals surface area contributed by atoms with Gasteiger partial charge in [0.05, 0.1) is 11.7 Å². The minimum atomic E-state index is -3.13. The number of hydrogen-bond donors (Lipinski definition) is 1. The standard InChI is InChI=1S/C12H23N3O3S/c1-3-12(4-5-13-10-12)11(16)14-6-8-15(9-7-14)19(2,17)18/h13H,3-10H2,1-2H3. The summed E-state index contributed by atoms with van der Waals surface area (Å²) in [6.07, 6.45) is 2.94. The zero-order chi connectivity index (χ0) is 14.1. The molecule has 110 valence electrons. The number of hydrogen-bond acceptors (Lipinski definition) is 4. The van der Waals surface area contributed by atoms with Crippen LogP contribution >= 0.6 is 0 Å². The molecule has 1 N–H and O–H groups in total. The molecule has 1 atom stereocenters. The van der Waals surface area contributed by atoms with Crippen molar-refractivity contribution in [2.45, 2.75) is 19.8 Å². The average molecular weight is 289 g/mol. The van der Waals surface area contributed by atoms with Crippen LogP contribution in [0.1, 0.15) is 19.8 Å². The van der Waals surface area contributed by atoms with E-state index in [0.717, 1.165) is 25.9 Å². The van der Waals surface area contributed by atoms with Crippen molar-refractivity contribution in [3.63, 3.8) is 0 Å². The van der Waals surface area contributed by atoms with Gasteiger partial charge in [-0.15, -0.1) is 0 Å². The van der Waals surface area contributed by atoms with Crippen LogP contribution in [-0.2, 0) is 14.8 Å². The minimum absolute atomic E-state index is 0.188. The Bertz CT molecular complexity index is 435. The molecule has 0 saturated carbocycles. The van der Waals surface area contributed by atoms with Crippen molar-refractivity contribution in [1.82, 2.24) is 14.5 Å². The number of rotatable bonds is 3. The van der Waals surface area contributed by atoms with Crippen LogP contribution in [0.2, 0.25) is 0 Å². The quantitative estimate of drug-likeness (QED) is 0.759. The predicted molar refractivity (Wildman–Crippen MR) is 73.2 cm³/mol. The zero-order valence-electron chi connectivity index (χ0n) is 11.7. The molecule has 0 aromatic heterocycles. The van der Waals surface area contributed by atoms with E-state index in [1.165, 1.54) is 10.6 Å². The Morgan fingerprint density at radius 3 is 2.32 bits per heavy atom. The molecule has 2 rings (SSSR count). The lowest BCUT2D eigenvalue weighted by Gasteiger charge is -2.38. The maximum absolute atomic E-state index is 12.6. The van der Waals surface area contributed by atoms with Crippen LogP contribution in [0, 0.1) is 5.41 Å². The summed E-state index contributed by atoms with van der Waals surface area (Å²) in [5.74, 6) is 0.188. The Morgan fingerprint density at radius 2 is 1.89 bits per heavy atom. The maximum Gasteiger partial charge on any atom is 0.230 e. The van der Waals surface area contributed by atoms with Gasteiger partial charge in [0.15, 0.2) is 0 Å². The molecule has 6 nitrogen and oxygen atoms in total. The molecule has 19 heavy (non-hydrogen) atoms. The van der Waals surface area contributed by atoms with Gasteiger partial charge in [-0.1, -0.05) is 6.92 Å². The van der Waals surface area contributed by atoms with Gasteiger partial charge in [0.25, 0.3) is 0 Å². The Kier molecular flexibility index (Phi) is 4.17. The molecule has 2 aliphatic heterocycles. The molecule has 2 heterocycles. The molecule has 2 fully saturated rings. The van der Waals surface area contributed by atoms with E-state index in [1.54, 1.807) is 0 Å². The van der Waals surface area contributed by atoms with E-state index in [1.807, 2.05) is 4.90 Å². The van der Waals surface area contributed by atoms with Crippen molar-refractivity contribution in [3.8, 4) is 0 Å². The number of carbonyl (C=O) groups excluding carboxylic acids is 1. The number of nitrogens with one attached hydrogen (secondary N) is 1. The second-order valence-electron chi connectivity index (χ2n) is 5.51. The van der Waals surface area contributed by atoms with E-state index in [9.17, 15) is 13.2 Å². The summed E-state index contributed by atoms with van der Waals surface area (Å²) in [5, 5.41) is 3.26. The molecule has 0 aliphatic carbocycles. The van der Waals surface area contributed by atoms with E-state index < -0.39 is 10.0 Å². The van der Waals surface area contributed by atoms with E-state index >= 15 is 0 Å². The van der Waals surface area contributed by atoms with Crippen molar-refractivity contribution in [2.75, 3.05) is 45.5 Å². The fraction of sp³-hybridized carbons (Fsp3) is 0.917. The van der Waals surface area contributed by atoms with Gasteiger partial charge in [-0.3, -0.25) is 4.79 Å². The predicted octanol–water partition coefficient (Wildman–Crippen LogP) is -0.520. The second-order valence-corrected chi connectivity index (χ2v) is 7.50. The monoisotopic (exact) mass is 289 g/mol. The molecular weight excluding hydrogens is 266 g/mol. The second kappa shape index (κ2) is 5.38. The first-order chi connectivity index (χ1) is 8.89. The van der Waals surface area contributed by atoms with E-state index in [-0.39, 0.29) is 11.3 Å². The van der Waals surface area contributed by atoms with Crippen molar-refractivity contribution in [2.24, 2.45) is 5.41 Å². The third-order valence-corrected chi connectivity index (χ3v) is 5.67. The summed E-state index contributed by atoms with van der Waals surface area (Å²) in [6.45, 7) is 5.53. The van der Waals surface area contributed by atoms with Crippen LogP contribution in [0.4, 0.5) is 0 Å². The molecule has 7 heteroatoms. The van der Waals surface area contributed by atoms with Crippen molar-refractivity contribution in [3.05, 3.63) is 0 Å². The smallest absolute Gasteiger partial charge is 0.230 e. The first-order valence-electron chi connectivity index (χ1n) is 6.84. The number of nitrogens with zero attached hydrogens (tertiary/aromatic N) is 2. The molecule has 0 bridgehead atoms. The van der Waals surface area contributed by atoms with Gasteiger partial charge in [0, 0.05) is 32.7 Å². The fourth-order valence-corrected chi connectivity index (χ4v) is 3.76. The largest absolute Gasteiger partial charge is 0.340 e. The average Bonchev–Trinajstić information content (AvgIpc) is 2.87. The summed E-state index contributed by atoms with van der Waals surface area (Å²) in [5.41, 5.74) is -0.271. The topological polar surface area (TPSA) is 69.7 Å². The Labute approximate surface area is 115 Å². The lowest BCUT2D eigenvalue weighted by Crippen LogP contribution is -2.54. The summed E-state index contributed by atoms with van der Waals surface area (Å²) in [6, 6.07) is 0. The van der Waals surface area contributed by atoms with Gasteiger partial charge in [-0.2, -0.15) is 4.31 Å². The van der Waals surface area contributed by atoms with Crippen LogP contribution < -0.4 is 5.32 Å². The SMILES string of the molecule is CCC1(C(=O)N2CCN(S(C)(=O)=O)CC2)CCNC1. The normalized spacial score (nSPS) is 29.7. The molecule has 2 saturated heterocycles. The van der Waals surface area contributed by atoms with Crippen molar-refractivity contribution in [1.29, 1.82) is 0 Å². The van der Waals surface area contributed by atoms with E-state index in [2.05, 4.69) is 12.2 Å². The van der Waals surface area contributed by atoms with E-state index in [0.29, 0.717) is 26.2 Å². The maximum atomic E-state index is 12.6. The number of carbonyl (C=O) groups is 1. The molecule has 0 aromatic rings. The third-order valence-electron chi connectivity index (χ3n) is 4.37. The molecule has 1 amide bonds. The lowest BCUT2D eigenvalue weighted by molar-refractivity contribution is -0.142. The zero-order valence-corrected chi connectivity index (χ0v) is 12.5. The Balaban J connectivity index is 1.99. The summed E-state index contributed by atoms with van der Waals surface area (Å²) in [4.78, 5) is 14.5. The number of piperazine rings is 1. The lowest BCUT2D eigenvalue weighted by atomic mass is 9.82. The van der Waals surface area contributed by atoms with Crippen LogP contribution in [0.25, 0.3) is 0 Å². The summed E-state index contributed by atoms with van der Waals surface area (Å²) < 4.78 is 24.3. The highest BCUT2D eigenvalue weighted by atomic mass is 32.2. The Hall–Kier alpha value is -0.660. The Morgan fingerprint density at radius 1 is 1.26 bits per heavy atom. The van der Waals surface area contributed by atoms with Gasteiger partial charge in [0.2, 0.25) is 15.9 Å². The van der Waals surface area contributed by atoms with Gasteiger partial charge in [-0.25, -0.2) is 8.42 Å². The summed E-state index contributed by atoms with van der Waals surface area (Å²) in [7, 11) is -3.13. The number of sulfonamides is 1. The van der Waals surface area contributed by atoms with Crippen LogP contribution in [0.3, 0.4) is 0 Å². The first kappa shape index (κ1) is 14.7. The van der Waals surface area contributed by atoms with Crippen LogP contribution in [-0.4, -0.2) is 69.1 Å².